The van der Waals surface area contributed by atoms with Crippen LogP contribution in [0, 0.1) is 20.8 Å². The maximum atomic E-state index is 3.81. The van der Waals surface area contributed by atoms with Crippen LogP contribution in [-0.2, 0) is 0 Å². The van der Waals surface area contributed by atoms with Gasteiger partial charge in [-0.15, -0.1) is 0 Å². The van der Waals surface area contributed by atoms with E-state index in [0.717, 1.165) is 51.2 Å². The summed E-state index contributed by atoms with van der Waals surface area (Å²) < 4.78 is 0. The minimum Gasteiger partial charge on any atom is -0.355 e. The van der Waals surface area contributed by atoms with E-state index in [2.05, 4.69) is 296 Å². The number of fused-ring (bicyclic) bond motifs is 3. The van der Waals surface area contributed by atoms with Crippen molar-refractivity contribution < 1.29 is 0 Å². The second-order valence-corrected chi connectivity index (χ2v) is 18.9. The van der Waals surface area contributed by atoms with E-state index >= 15 is 0 Å². The molecule has 0 amide bonds. The van der Waals surface area contributed by atoms with Gasteiger partial charge in [0.15, 0.2) is 0 Å². The molecule has 0 aliphatic rings. The molecule has 0 radical (unpaired) electrons. The molecule has 0 bridgehead atoms. The lowest BCUT2D eigenvalue weighted by Gasteiger charge is -2.26. The topological polar surface area (TPSA) is 39.3 Å². The number of benzene rings is 12. The van der Waals surface area contributed by atoms with Crippen molar-refractivity contribution in [2.45, 2.75) is 20.8 Å². The first-order chi connectivity index (χ1) is 35.9. The summed E-state index contributed by atoms with van der Waals surface area (Å²) >= 11 is 0. The Hall–Kier alpha value is -9.38. The van der Waals surface area contributed by atoms with E-state index in [0.29, 0.717) is 0 Å². The molecule has 0 aliphatic heterocycles. The van der Waals surface area contributed by atoms with Crippen LogP contribution in [-0.4, -0.2) is 0 Å². The normalized spacial score (nSPS) is 11.2. The standard InChI is InChI=1S/C69H54N4/c1-46-16-10-31-64(67(46)61-28-13-22-49-19-4-7-25-58(49)61)70-52-34-40-55(41-35-52)73(56-42-36-53(37-43-56)71-65-32-11-17-47(2)68(65)62-29-14-23-50-20-5-8-26-59(50)62)57-44-38-54(39-45-57)72-66-33-12-18-48(3)69(66)63-30-15-24-51-21-6-9-27-60(51)63/h4-45,70-72H,1-3H3. The maximum Gasteiger partial charge on any atom is 0.0466 e. The number of nitrogens with zero attached hydrogens (tertiary/aromatic N) is 1. The summed E-state index contributed by atoms with van der Waals surface area (Å²) in [5, 5.41) is 18.8. The number of nitrogens with one attached hydrogen (secondary N) is 3. The average Bonchev–Trinajstić information content (AvgIpc) is 3.42. The van der Waals surface area contributed by atoms with Crippen LogP contribution in [0.25, 0.3) is 65.7 Å². The Kier molecular flexibility index (Phi) is 11.9. The smallest absolute Gasteiger partial charge is 0.0466 e. The highest BCUT2D eigenvalue weighted by molar-refractivity contribution is 6.03. The highest BCUT2D eigenvalue weighted by Gasteiger charge is 2.18. The van der Waals surface area contributed by atoms with Gasteiger partial charge in [0.2, 0.25) is 0 Å². The maximum absolute atomic E-state index is 3.81. The van der Waals surface area contributed by atoms with Crippen molar-refractivity contribution in [3.63, 3.8) is 0 Å². The van der Waals surface area contributed by atoms with Crippen LogP contribution < -0.4 is 20.9 Å². The Morgan fingerprint density at radius 1 is 0.247 bits per heavy atom. The Balaban J connectivity index is 0.886. The molecule has 0 aromatic heterocycles. The van der Waals surface area contributed by atoms with Gasteiger partial charge in [-0.25, -0.2) is 0 Å². The molecule has 350 valence electrons. The monoisotopic (exact) mass is 938 g/mol. The van der Waals surface area contributed by atoms with E-state index in [-0.39, 0.29) is 0 Å². The molecule has 0 heterocycles. The number of hydrogen-bond acceptors (Lipinski definition) is 4. The van der Waals surface area contributed by atoms with Gasteiger partial charge < -0.3 is 20.9 Å². The highest BCUT2D eigenvalue weighted by atomic mass is 15.1. The third kappa shape index (κ3) is 8.81. The van der Waals surface area contributed by atoms with Crippen molar-refractivity contribution in [1.82, 2.24) is 0 Å². The first kappa shape index (κ1) is 44.8. The SMILES string of the molecule is Cc1cccc(Nc2ccc(N(c3ccc(Nc4cccc(C)c4-c4cccc5ccccc45)cc3)c3ccc(Nc4cccc(C)c4-c4cccc5ccccc45)cc3)cc2)c1-c1cccc2ccccc12. The molecule has 0 aliphatic carbocycles. The van der Waals surface area contributed by atoms with Gasteiger partial charge in [0, 0.05) is 67.9 Å². The van der Waals surface area contributed by atoms with Crippen LogP contribution in [0.4, 0.5) is 51.2 Å². The van der Waals surface area contributed by atoms with Crippen molar-refractivity contribution in [3.05, 3.63) is 271 Å². The van der Waals surface area contributed by atoms with Crippen molar-refractivity contribution in [2.75, 3.05) is 20.9 Å². The molecule has 3 N–H and O–H groups in total. The molecule has 73 heavy (non-hydrogen) atoms. The summed E-state index contributed by atoms with van der Waals surface area (Å²) in [4.78, 5) is 2.33. The van der Waals surface area contributed by atoms with Crippen LogP contribution in [0.1, 0.15) is 16.7 Å². The summed E-state index contributed by atoms with van der Waals surface area (Å²) in [6, 6.07) is 91.5. The third-order valence-corrected chi connectivity index (χ3v) is 14.2. The Morgan fingerprint density at radius 3 is 0.808 bits per heavy atom. The second-order valence-electron chi connectivity index (χ2n) is 18.9. The Bertz CT molecular complexity index is 3540. The van der Waals surface area contributed by atoms with Crippen molar-refractivity contribution >= 4 is 83.5 Å². The summed E-state index contributed by atoms with van der Waals surface area (Å²) in [5.74, 6) is 0. The van der Waals surface area contributed by atoms with Gasteiger partial charge in [-0.2, -0.15) is 0 Å². The number of hydrogen-bond donors (Lipinski definition) is 3. The lowest BCUT2D eigenvalue weighted by Crippen LogP contribution is -2.10. The van der Waals surface area contributed by atoms with Gasteiger partial charge in [0.05, 0.1) is 0 Å². The van der Waals surface area contributed by atoms with E-state index in [1.54, 1.807) is 0 Å². The Labute approximate surface area is 427 Å². The molecule has 0 spiro atoms. The van der Waals surface area contributed by atoms with Crippen LogP contribution in [0.15, 0.2) is 255 Å². The van der Waals surface area contributed by atoms with Crippen LogP contribution >= 0.6 is 0 Å². The molecule has 0 atom stereocenters. The molecular weight excluding hydrogens is 885 g/mol. The molecule has 12 rings (SSSR count). The fourth-order valence-electron chi connectivity index (χ4n) is 10.7. The number of aryl methyl sites for hydroxylation is 3. The molecule has 12 aromatic carbocycles. The zero-order chi connectivity index (χ0) is 49.3. The molecule has 0 fully saturated rings. The molecule has 4 heteroatoms. The summed E-state index contributed by atoms with van der Waals surface area (Å²) in [6.45, 7) is 6.59. The zero-order valence-corrected chi connectivity index (χ0v) is 41.2. The van der Waals surface area contributed by atoms with Crippen LogP contribution in [0.5, 0.6) is 0 Å². The largest absolute Gasteiger partial charge is 0.355 e. The predicted octanol–water partition coefficient (Wildman–Crippen LogP) is 19.8. The minimum atomic E-state index is 1.01. The number of anilines is 9. The third-order valence-electron chi connectivity index (χ3n) is 14.2. The molecular formula is C69H54N4. The summed E-state index contributed by atoms with van der Waals surface area (Å²) in [6.07, 6.45) is 0. The van der Waals surface area contributed by atoms with Gasteiger partial charge >= 0.3 is 0 Å². The van der Waals surface area contributed by atoms with E-state index in [1.807, 2.05) is 0 Å². The van der Waals surface area contributed by atoms with E-state index in [9.17, 15) is 0 Å². The zero-order valence-electron chi connectivity index (χ0n) is 41.2. The molecule has 0 saturated carbocycles. The first-order valence-corrected chi connectivity index (χ1v) is 25.1. The van der Waals surface area contributed by atoms with Gasteiger partial charge in [0.1, 0.15) is 0 Å². The van der Waals surface area contributed by atoms with E-state index in [1.165, 1.54) is 82.4 Å². The van der Waals surface area contributed by atoms with Gasteiger partial charge in [0.25, 0.3) is 0 Å². The first-order valence-electron chi connectivity index (χ1n) is 25.1. The number of rotatable bonds is 12. The lowest BCUT2D eigenvalue weighted by molar-refractivity contribution is 1.28. The van der Waals surface area contributed by atoms with Crippen molar-refractivity contribution in [2.24, 2.45) is 0 Å². The van der Waals surface area contributed by atoms with Crippen LogP contribution in [0.3, 0.4) is 0 Å². The van der Waals surface area contributed by atoms with E-state index < -0.39 is 0 Å². The fourth-order valence-corrected chi connectivity index (χ4v) is 10.7. The summed E-state index contributed by atoms with van der Waals surface area (Å²) in [5.41, 5.74) is 20.3. The minimum absolute atomic E-state index is 1.01. The second kappa shape index (κ2) is 19.4. The Morgan fingerprint density at radius 2 is 0.507 bits per heavy atom. The molecule has 12 aromatic rings. The average molecular weight is 939 g/mol. The molecule has 0 saturated heterocycles. The van der Waals surface area contributed by atoms with Gasteiger partial charge in [-0.3, -0.25) is 0 Å². The van der Waals surface area contributed by atoms with Gasteiger partial charge in [-0.1, -0.05) is 164 Å². The predicted molar refractivity (Wildman–Crippen MR) is 313 cm³/mol. The molecule has 4 nitrogen and oxygen atoms in total. The fraction of sp³-hybridized carbons (Fsp3) is 0.0435. The van der Waals surface area contributed by atoms with Crippen LogP contribution in [0.2, 0.25) is 0 Å². The van der Waals surface area contributed by atoms with Crippen molar-refractivity contribution in [3.8, 4) is 33.4 Å². The van der Waals surface area contributed by atoms with Crippen molar-refractivity contribution in [1.29, 1.82) is 0 Å². The summed E-state index contributed by atoms with van der Waals surface area (Å²) in [7, 11) is 0. The lowest BCUT2D eigenvalue weighted by atomic mass is 9.93. The van der Waals surface area contributed by atoms with Gasteiger partial charge in [-0.05, 0) is 177 Å². The highest BCUT2D eigenvalue weighted by Crippen LogP contribution is 2.43. The van der Waals surface area contributed by atoms with E-state index in [4.69, 9.17) is 0 Å². The molecule has 0 unspecified atom stereocenters. The quantitative estimate of drug-likeness (QED) is 0.114.